The number of hydrogen-bond donors (Lipinski definition) is 1. The van der Waals surface area contributed by atoms with E-state index in [1.807, 2.05) is 19.1 Å². The van der Waals surface area contributed by atoms with E-state index < -0.39 is 0 Å². The van der Waals surface area contributed by atoms with Gasteiger partial charge in [-0.15, -0.1) is 0 Å². The van der Waals surface area contributed by atoms with Crippen LogP contribution < -0.4 is 10.1 Å². The molecule has 5 heteroatoms. The van der Waals surface area contributed by atoms with Crippen molar-refractivity contribution in [1.82, 2.24) is 10.2 Å². The average Bonchev–Trinajstić information content (AvgIpc) is 3.17. The summed E-state index contributed by atoms with van der Waals surface area (Å²) in [7, 11) is 1.70. The van der Waals surface area contributed by atoms with Crippen molar-refractivity contribution in [3.05, 3.63) is 65.6 Å². The number of aryl methyl sites for hydroxylation is 1. The molecule has 1 aliphatic heterocycles. The maximum atomic E-state index is 5.95. The summed E-state index contributed by atoms with van der Waals surface area (Å²) >= 11 is 0. The molecular weight excluding hydrogens is 352 g/mol. The second-order valence-electron chi connectivity index (χ2n) is 7.29. The van der Waals surface area contributed by atoms with Crippen LogP contribution in [-0.4, -0.2) is 44.9 Å². The lowest BCUT2D eigenvalue weighted by Crippen LogP contribution is -2.42. The average molecular weight is 380 g/mol. The minimum Gasteiger partial charge on any atom is -0.497 e. The number of fused-ring (bicyclic) bond motifs is 1. The lowest BCUT2D eigenvalue weighted by molar-refractivity contribution is 0.0115. The first-order valence-electron chi connectivity index (χ1n) is 9.88. The normalized spacial score (nSPS) is 16.4. The van der Waals surface area contributed by atoms with Gasteiger partial charge in [0.15, 0.2) is 0 Å². The SMILES string of the molecule is COc1ccc2cc(CNC[C@@H](c3ccc(C)o3)N3CCOCC3)ccc2c1. The highest BCUT2D eigenvalue weighted by Gasteiger charge is 2.24. The van der Waals surface area contributed by atoms with Gasteiger partial charge in [-0.2, -0.15) is 0 Å². The molecule has 0 unspecified atom stereocenters. The third kappa shape index (κ3) is 4.38. The number of ether oxygens (including phenoxy) is 2. The van der Waals surface area contributed by atoms with Crippen LogP contribution in [0.5, 0.6) is 5.75 Å². The zero-order valence-electron chi connectivity index (χ0n) is 16.6. The molecule has 1 aliphatic rings. The molecule has 1 saturated heterocycles. The van der Waals surface area contributed by atoms with E-state index in [0.717, 1.165) is 56.7 Å². The van der Waals surface area contributed by atoms with Gasteiger partial charge in [0.05, 0.1) is 26.4 Å². The van der Waals surface area contributed by atoms with Crippen LogP contribution in [0.4, 0.5) is 0 Å². The topological polar surface area (TPSA) is 46.9 Å². The Balaban J connectivity index is 1.43. The third-order valence-electron chi connectivity index (χ3n) is 5.35. The number of rotatable bonds is 7. The predicted molar refractivity (Wildman–Crippen MR) is 111 cm³/mol. The summed E-state index contributed by atoms with van der Waals surface area (Å²) in [6.07, 6.45) is 0. The summed E-state index contributed by atoms with van der Waals surface area (Å²) < 4.78 is 16.8. The molecule has 1 atom stereocenters. The van der Waals surface area contributed by atoms with Crippen molar-refractivity contribution >= 4 is 10.8 Å². The zero-order valence-corrected chi connectivity index (χ0v) is 16.6. The molecule has 0 amide bonds. The van der Waals surface area contributed by atoms with Gasteiger partial charge in [-0.25, -0.2) is 0 Å². The molecule has 3 aromatic rings. The minimum absolute atomic E-state index is 0.224. The Morgan fingerprint density at radius 3 is 2.57 bits per heavy atom. The van der Waals surface area contributed by atoms with Gasteiger partial charge in [0.25, 0.3) is 0 Å². The summed E-state index contributed by atoms with van der Waals surface area (Å²) in [5, 5.41) is 6.05. The highest BCUT2D eigenvalue weighted by Crippen LogP contribution is 2.24. The van der Waals surface area contributed by atoms with Crippen molar-refractivity contribution in [3.8, 4) is 5.75 Å². The Kier molecular flexibility index (Phi) is 5.95. The van der Waals surface area contributed by atoms with Crippen LogP contribution in [-0.2, 0) is 11.3 Å². The molecule has 0 radical (unpaired) electrons. The molecule has 1 fully saturated rings. The Labute approximate surface area is 166 Å². The standard InChI is InChI=1S/C23H28N2O3/c1-17-3-8-23(28-17)22(25-9-11-27-12-10-25)16-24-15-18-4-5-20-14-21(26-2)7-6-19(20)13-18/h3-8,13-14,22,24H,9-12,15-16H2,1-2H3/t22-/m0/s1. The maximum absolute atomic E-state index is 5.95. The van der Waals surface area contributed by atoms with E-state index in [9.17, 15) is 0 Å². The van der Waals surface area contributed by atoms with Crippen LogP contribution in [0.2, 0.25) is 0 Å². The Bertz CT molecular complexity index is 915. The van der Waals surface area contributed by atoms with E-state index in [1.165, 1.54) is 16.3 Å². The second kappa shape index (κ2) is 8.78. The van der Waals surface area contributed by atoms with E-state index in [0.29, 0.717) is 0 Å². The number of hydrogen-bond acceptors (Lipinski definition) is 5. The highest BCUT2D eigenvalue weighted by molar-refractivity contribution is 5.84. The van der Waals surface area contributed by atoms with Crippen LogP contribution in [0.25, 0.3) is 10.8 Å². The largest absolute Gasteiger partial charge is 0.497 e. The Hall–Kier alpha value is -2.34. The van der Waals surface area contributed by atoms with E-state index in [-0.39, 0.29) is 6.04 Å². The maximum Gasteiger partial charge on any atom is 0.122 e. The summed E-state index contributed by atoms with van der Waals surface area (Å²) in [4.78, 5) is 2.45. The fourth-order valence-electron chi connectivity index (χ4n) is 3.79. The van der Waals surface area contributed by atoms with Gasteiger partial charge in [0.1, 0.15) is 17.3 Å². The quantitative estimate of drug-likeness (QED) is 0.673. The smallest absolute Gasteiger partial charge is 0.122 e. The van der Waals surface area contributed by atoms with E-state index in [2.05, 4.69) is 46.6 Å². The molecule has 2 heterocycles. The third-order valence-corrected chi connectivity index (χ3v) is 5.35. The van der Waals surface area contributed by atoms with Crippen molar-refractivity contribution < 1.29 is 13.9 Å². The summed E-state index contributed by atoms with van der Waals surface area (Å²) in [5.41, 5.74) is 1.27. The molecule has 5 nitrogen and oxygen atoms in total. The van der Waals surface area contributed by atoms with Crippen molar-refractivity contribution in [3.63, 3.8) is 0 Å². The van der Waals surface area contributed by atoms with Crippen molar-refractivity contribution in [1.29, 1.82) is 0 Å². The van der Waals surface area contributed by atoms with Crippen molar-refractivity contribution in [2.75, 3.05) is 40.0 Å². The molecule has 0 bridgehead atoms. The van der Waals surface area contributed by atoms with Crippen molar-refractivity contribution in [2.24, 2.45) is 0 Å². The number of methoxy groups -OCH3 is 1. The lowest BCUT2D eigenvalue weighted by atomic mass is 10.1. The number of benzene rings is 2. The summed E-state index contributed by atoms with van der Waals surface area (Å²) in [6, 6.07) is 17.1. The van der Waals surface area contributed by atoms with E-state index in [4.69, 9.17) is 13.9 Å². The van der Waals surface area contributed by atoms with Crippen LogP contribution in [0, 0.1) is 6.92 Å². The van der Waals surface area contributed by atoms with Gasteiger partial charge in [0.2, 0.25) is 0 Å². The van der Waals surface area contributed by atoms with Gasteiger partial charge in [0, 0.05) is 26.2 Å². The molecule has 1 aromatic heterocycles. The number of furan rings is 1. The van der Waals surface area contributed by atoms with Crippen LogP contribution in [0.15, 0.2) is 52.9 Å². The second-order valence-corrected chi connectivity index (χ2v) is 7.29. The molecular formula is C23H28N2O3. The van der Waals surface area contributed by atoms with E-state index >= 15 is 0 Å². The van der Waals surface area contributed by atoms with Crippen LogP contribution >= 0.6 is 0 Å². The van der Waals surface area contributed by atoms with Crippen molar-refractivity contribution in [2.45, 2.75) is 19.5 Å². The molecule has 1 N–H and O–H groups in total. The molecule has 4 rings (SSSR count). The van der Waals surface area contributed by atoms with Crippen LogP contribution in [0.1, 0.15) is 23.1 Å². The number of nitrogens with zero attached hydrogens (tertiary/aromatic N) is 1. The van der Waals surface area contributed by atoms with Crippen LogP contribution in [0.3, 0.4) is 0 Å². The number of morpholine rings is 1. The van der Waals surface area contributed by atoms with Gasteiger partial charge >= 0.3 is 0 Å². The first-order valence-corrected chi connectivity index (χ1v) is 9.88. The van der Waals surface area contributed by atoms with Gasteiger partial charge in [-0.3, -0.25) is 4.90 Å². The van der Waals surface area contributed by atoms with Gasteiger partial charge < -0.3 is 19.2 Å². The highest BCUT2D eigenvalue weighted by atomic mass is 16.5. The van der Waals surface area contributed by atoms with Gasteiger partial charge in [-0.05, 0) is 53.6 Å². The lowest BCUT2D eigenvalue weighted by Gasteiger charge is -2.33. The first kappa shape index (κ1) is 19.0. The summed E-state index contributed by atoms with van der Waals surface area (Å²) in [5.74, 6) is 2.87. The van der Waals surface area contributed by atoms with Gasteiger partial charge in [-0.1, -0.05) is 18.2 Å². The molecule has 148 valence electrons. The first-order chi connectivity index (χ1) is 13.7. The molecule has 0 saturated carbocycles. The molecule has 0 spiro atoms. The molecule has 28 heavy (non-hydrogen) atoms. The Morgan fingerprint density at radius 2 is 1.82 bits per heavy atom. The zero-order chi connectivity index (χ0) is 19.3. The fourth-order valence-corrected chi connectivity index (χ4v) is 3.79. The molecule has 2 aromatic carbocycles. The van der Waals surface area contributed by atoms with E-state index in [1.54, 1.807) is 7.11 Å². The number of nitrogens with one attached hydrogen (secondary N) is 1. The predicted octanol–water partition coefficient (Wildman–Crippen LogP) is 3.91. The minimum atomic E-state index is 0.224. The fraction of sp³-hybridized carbons (Fsp3) is 0.391. The monoisotopic (exact) mass is 380 g/mol. The summed E-state index contributed by atoms with van der Waals surface area (Å²) in [6.45, 7) is 7.09. The Morgan fingerprint density at radius 1 is 1.04 bits per heavy atom. The molecule has 0 aliphatic carbocycles.